The van der Waals surface area contributed by atoms with E-state index in [0.29, 0.717) is 13.0 Å². The standard InChI is InChI=1S/C33H33FN2O5Se/c34-29-30(41-28-18-10-11-21-39-28)26(42-31(29)36-20-19-27(37)35-32(36)38)22-40-33(23-12-4-1-5-13-23,24-14-6-2-7-15-24)25-16-8-3-9-17-25/h1-9,12-17,19-20,26,28-31H,10-11,18,21-22H2,(H,35,37,38)/t26-,28?,29+,30-,31-/m1/s1. The first kappa shape index (κ1) is 28.8. The van der Waals surface area contributed by atoms with E-state index in [2.05, 4.69) is 4.98 Å². The minimum absolute atomic E-state index is 0.186. The number of H-pyrrole nitrogens is 1. The molecule has 0 spiro atoms. The van der Waals surface area contributed by atoms with Crippen molar-refractivity contribution in [1.29, 1.82) is 0 Å². The van der Waals surface area contributed by atoms with Crippen molar-refractivity contribution in [3.8, 4) is 0 Å². The molecule has 3 aromatic carbocycles. The third kappa shape index (κ3) is 5.80. The van der Waals surface area contributed by atoms with E-state index < -0.39 is 55.3 Å². The van der Waals surface area contributed by atoms with Gasteiger partial charge in [-0.25, -0.2) is 0 Å². The van der Waals surface area contributed by atoms with Crippen LogP contribution in [-0.4, -0.2) is 56.3 Å². The number of hydrogen-bond donors (Lipinski definition) is 1. The Bertz CT molecular complexity index is 1460. The topological polar surface area (TPSA) is 82.5 Å². The number of alkyl halides is 1. The molecule has 0 aliphatic carbocycles. The fourth-order valence-electron chi connectivity index (χ4n) is 5.81. The minimum atomic E-state index is -1.48. The Hall–Kier alpha value is -3.33. The second-order valence-corrected chi connectivity index (χ2v) is 13.4. The summed E-state index contributed by atoms with van der Waals surface area (Å²) in [7, 11) is 0. The van der Waals surface area contributed by atoms with Gasteiger partial charge in [0.1, 0.15) is 0 Å². The second-order valence-electron chi connectivity index (χ2n) is 10.5. The quantitative estimate of drug-likeness (QED) is 0.211. The van der Waals surface area contributed by atoms with Gasteiger partial charge in [-0.15, -0.1) is 0 Å². The fraction of sp³-hybridized carbons (Fsp3) is 0.333. The molecule has 5 atom stereocenters. The van der Waals surface area contributed by atoms with Crippen LogP contribution in [0.3, 0.4) is 0 Å². The van der Waals surface area contributed by atoms with Gasteiger partial charge in [-0.2, -0.15) is 0 Å². The molecule has 3 heterocycles. The molecule has 2 saturated heterocycles. The number of halogens is 1. The average Bonchev–Trinajstić information content (AvgIpc) is 3.34. The van der Waals surface area contributed by atoms with Crippen molar-refractivity contribution < 1.29 is 18.6 Å². The summed E-state index contributed by atoms with van der Waals surface area (Å²) in [5.74, 6) is 0. The predicted molar refractivity (Wildman–Crippen MR) is 158 cm³/mol. The Kier molecular flexibility index (Phi) is 8.84. The third-order valence-corrected chi connectivity index (χ3v) is 11.0. The monoisotopic (exact) mass is 636 g/mol. The van der Waals surface area contributed by atoms with E-state index in [1.807, 2.05) is 91.0 Å². The van der Waals surface area contributed by atoms with Crippen LogP contribution < -0.4 is 11.2 Å². The molecule has 6 rings (SSSR count). The molecule has 9 heteroatoms. The summed E-state index contributed by atoms with van der Waals surface area (Å²) < 4.78 is 36.8. The summed E-state index contributed by atoms with van der Waals surface area (Å²) in [4.78, 5) is 25.6. The van der Waals surface area contributed by atoms with Gasteiger partial charge in [-0.05, 0) is 0 Å². The zero-order valence-corrected chi connectivity index (χ0v) is 24.7. The van der Waals surface area contributed by atoms with E-state index in [9.17, 15) is 9.59 Å². The molecule has 1 N–H and O–H groups in total. The first-order valence-electron chi connectivity index (χ1n) is 14.2. The number of rotatable bonds is 9. The van der Waals surface area contributed by atoms with E-state index >= 15 is 4.39 Å². The van der Waals surface area contributed by atoms with Crippen LogP contribution in [0.15, 0.2) is 113 Å². The second kappa shape index (κ2) is 12.9. The third-order valence-electron chi connectivity index (χ3n) is 7.84. The average molecular weight is 636 g/mol. The van der Waals surface area contributed by atoms with Gasteiger partial charge in [-0.3, -0.25) is 0 Å². The van der Waals surface area contributed by atoms with Crippen LogP contribution in [0.4, 0.5) is 4.39 Å². The number of aromatic amines is 1. The van der Waals surface area contributed by atoms with Gasteiger partial charge < -0.3 is 0 Å². The molecule has 4 aromatic rings. The summed E-state index contributed by atoms with van der Waals surface area (Å²) in [6.07, 6.45) is 1.14. The maximum absolute atomic E-state index is 16.3. The Balaban J connectivity index is 1.39. The normalized spacial score (nSPS) is 24.5. The summed E-state index contributed by atoms with van der Waals surface area (Å²) >= 11 is -0.448. The molecular formula is C33H33FN2O5Se. The molecule has 218 valence electrons. The number of aromatic nitrogens is 2. The predicted octanol–water partition coefficient (Wildman–Crippen LogP) is 4.80. The van der Waals surface area contributed by atoms with E-state index in [1.54, 1.807) is 0 Å². The van der Waals surface area contributed by atoms with Crippen LogP contribution >= 0.6 is 0 Å². The van der Waals surface area contributed by atoms with E-state index in [1.165, 1.54) is 16.8 Å². The van der Waals surface area contributed by atoms with Gasteiger partial charge in [-0.1, -0.05) is 0 Å². The Morgan fingerprint density at radius 2 is 1.48 bits per heavy atom. The zero-order valence-electron chi connectivity index (χ0n) is 23.0. The summed E-state index contributed by atoms with van der Waals surface area (Å²) in [5.41, 5.74) is 0.741. The maximum atomic E-state index is 16.3. The van der Waals surface area contributed by atoms with Crippen molar-refractivity contribution in [2.24, 2.45) is 0 Å². The van der Waals surface area contributed by atoms with Crippen molar-refractivity contribution >= 4 is 15.0 Å². The summed E-state index contributed by atoms with van der Waals surface area (Å²) in [6, 6.07) is 31.4. The van der Waals surface area contributed by atoms with E-state index in [4.69, 9.17) is 14.2 Å². The summed E-state index contributed by atoms with van der Waals surface area (Å²) in [5, 5.41) is 0. The Morgan fingerprint density at radius 1 is 0.881 bits per heavy atom. The molecule has 2 aliphatic heterocycles. The Labute approximate surface area is 249 Å². The SMILES string of the molecule is O=c1ccn([C@@H]2[Se][C@H](COC(c3ccccc3)(c3ccccc3)c3ccccc3)[C@@H](OC3CCCCO3)[C@@H]2F)c(=O)[nH]1. The number of nitrogens with one attached hydrogen (secondary N) is 1. The van der Waals surface area contributed by atoms with Gasteiger partial charge in [0.15, 0.2) is 0 Å². The fourth-order valence-corrected chi connectivity index (χ4v) is 8.91. The van der Waals surface area contributed by atoms with Gasteiger partial charge in [0.05, 0.1) is 0 Å². The van der Waals surface area contributed by atoms with Crippen LogP contribution in [0.25, 0.3) is 0 Å². The van der Waals surface area contributed by atoms with Crippen LogP contribution in [0.5, 0.6) is 0 Å². The van der Waals surface area contributed by atoms with E-state index in [0.717, 1.165) is 29.5 Å². The zero-order chi connectivity index (χ0) is 28.9. The molecule has 2 fully saturated rings. The molecule has 0 amide bonds. The van der Waals surface area contributed by atoms with Crippen LogP contribution in [0, 0.1) is 0 Å². The van der Waals surface area contributed by atoms with Crippen molar-refractivity contribution in [3.63, 3.8) is 0 Å². The van der Waals surface area contributed by atoms with Gasteiger partial charge in [0.25, 0.3) is 0 Å². The number of hydrogen-bond acceptors (Lipinski definition) is 5. The molecular weight excluding hydrogens is 602 g/mol. The molecule has 1 aromatic heterocycles. The Morgan fingerprint density at radius 3 is 2.00 bits per heavy atom. The first-order valence-corrected chi connectivity index (χ1v) is 16.2. The van der Waals surface area contributed by atoms with Crippen molar-refractivity contribution in [1.82, 2.24) is 9.55 Å². The molecule has 42 heavy (non-hydrogen) atoms. The van der Waals surface area contributed by atoms with Crippen molar-refractivity contribution in [2.75, 3.05) is 13.2 Å². The molecule has 1 unspecified atom stereocenters. The number of benzene rings is 3. The van der Waals surface area contributed by atoms with Crippen LogP contribution in [0.2, 0.25) is 4.82 Å². The molecule has 2 aliphatic rings. The first-order chi connectivity index (χ1) is 20.6. The molecule has 0 radical (unpaired) electrons. The van der Waals surface area contributed by atoms with E-state index in [-0.39, 0.29) is 11.4 Å². The number of nitrogens with zero attached hydrogens (tertiary/aromatic N) is 1. The van der Waals surface area contributed by atoms with Gasteiger partial charge in [0.2, 0.25) is 0 Å². The van der Waals surface area contributed by atoms with Crippen molar-refractivity contribution in [2.45, 2.75) is 53.2 Å². The molecule has 0 saturated carbocycles. The van der Waals surface area contributed by atoms with Gasteiger partial charge >= 0.3 is 250 Å². The summed E-state index contributed by atoms with van der Waals surface area (Å²) in [6.45, 7) is 0.758. The molecule has 7 nitrogen and oxygen atoms in total. The van der Waals surface area contributed by atoms with Crippen molar-refractivity contribution in [3.05, 3.63) is 141 Å². The molecule has 0 bridgehead atoms. The van der Waals surface area contributed by atoms with Crippen LogP contribution in [-0.2, 0) is 19.8 Å². The van der Waals surface area contributed by atoms with Gasteiger partial charge in [0, 0.05) is 0 Å². The van der Waals surface area contributed by atoms with Crippen LogP contribution in [0.1, 0.15) is 40.9 Å². The number of ether oxygens (including phenoxy) is 3.